The molecule has 106 valence electrons. The monoisotopic (exact) mass is 279 g/mol. The minimum absolute atomic E-state index is 0.213. The van der Waals surface area contributed by atoms with E-state index in [2.05, 4.69) is 5.32 Å². The first-order chi connectivity index (χ1) is 9.49. The molecule has 20 heavy (non-hydrogen) atoms. The highest BCUT2D eigenvalue weighted by molar-refractivity contribution is 5.44. The summed E-state index contributed by atoms with van der Waals surface area (Å²) in [6.07, 6.45) is 0. The van der Waals surface area contributed by atoms with Crippen LogP contribution in [0.15, 0.2) is 36.4 Å². The second kappa shape index (κ2) is 5.88. The lowest BCUT2D eigenvalue weighted by atomic mass is 10.1. The van der Waals surface area contributed by atoms with E-state index in [1.807, 2.05) is 0 Å². The fraction of sp³-hybridized carbons (Fsp3) is 0.200. The molecule has 2 aromatic carbocycles. The van der Waals surface area contributed by atoms with Gasteiger partial charge in [-0.2, -0.15) is 0 Å². The van der Waals surface area contributed by atoms with Crippen LogP contribution in [-0.2, 0) is 6.54 Å². The second-order valence-electron chi connectivity index (χ2n) is 4.55. The molecule has 0 aliphatic heterocycles. The molecule has 3 N–H and O–H groups in total. The molecule has 0 aliphatic rings. The van der Waals surface area contributed by atoms with E-state index in [9.17, 15) is 19.0 Å². The molecule has 2 aromatic rings. The molecule has 0 saturated heterocycles. The largest absolute Gasteiger partial charge is 0.504 e. The first-order valence-electron chi connectivity index (χ1n) is 6.17. The fourth-order valence-electron chi connectivity index (χ4n) is 1.94. The average Bonchev–Trinajstić information content (AvgIpc) is 2.43. The van der Waals surface area contributed by atoms with Gasteiger partial charge in [0, 0.05) is 23.7 Å². The molecule has 0 bridgehead atoms. The fourth-order valence-corrected chi connectivity index (χ4v) is 1.94. The molecule has 0 fully saturated rings. The molecule has 0 amide bonds. The van der Waals surface area contributed by atoms with E-state index in [0.29, 0.717) is 5.56 Å². The van der Waals surface area contributed by atoms with Crippen molar-refractivity contribution < 1.29 is 19.0 Å². The Kier molecular flexibility index (Phi) is 4.20. The van der Waals surface area contributed by atoms with Gasteiger partial charge in [-0.25, -0.2) is 8.78 Å². The molecule has 0 saturated carbocycles. The van der Waals surface area contributed by atoms with E-state index in [1.165, 1.54) is 6.07 Å². The van der Waals surface area contributed by atoms with E-state index >= 15 is 0 Å². The van der Waals surface area contributed by atoms with Crippen LogP contribution < -0.4 is 5.32 Å². The summed E-state index contributed by atoms with van der Waals surface area (Å²) >= 11 is 0. The van der Waals surface area contributed by atoms with Crippen LogP contribution in [0.25, 0.3) is 0 Å². The molecule has 1 atom stereocenters. The smallest absolute Gasteiger partial charge is 0.161 e. The summed E-state index contributed by atoms with van der Waals surface area (Å²) in [6.45, 7) is 1.91. The zero-order valence-corrected chi connectivity index (χ0v) is 10.9. The third kappa shape index (κ3) is 3.05. The lowest BCUT2D eigenvalue weighted by molar-refractivity contribution is 0.396. The highest BCUT2D eigenvalue weighted by Gasteiger charge is 2.13. The molecular weight excluding hydrogens is 264 g/mol. The van der Waals surface area contributed by atoms with Gasteiger partial charge in [0.2, 0.25) is 0 Å². The predicted molar refractivity (Wildman–Crippen MR) is 71.4 cm³/mol. The van der Waals surface area contributed by atoms with Crippen LogP contribution in [-0.4, -0.2) is 10.2 Å². The standard InChI is InChI=1S/C15H15F2NO2/c1-9(12-7-11(16)5-6-13(12)17)18-8-10-3-2-4-14(19)15(10)20/h2-7,9,18-20H,8H2,1H3. The number of nitrogens with one attached hydrogen (secondary N) is 1. The number of aromatic hydroxyl groups is 2. The Hall–Kier alpha value is -2.14. The van der Waals surface area contributed by atoms with Crippen molar-refractivity contribution in [3.05, 3.63) is 59.2 Å². The Balaban J connectivity index is 2.10. The highest BCUT2D eigenvalue weighted by Crippen LogP contribution is 2.28. The Labute approximate surface area is 115 Å². The molecule has 3 nitrogen and oxygen atoms in total. The quantitative estimate of drug-likeness (QED) is 0.753. The normalized spacial score (nSPS) is 12.3. The number of phenolic OH excluding ortho intramolecular Hbond substituents is 2. The number of halogens is 2. The number of benzene rings is 2. The molecule has 0 aromatic heterocycles. The van der Waals surface area contributed by atoms with Gasteiger partial charge in [-0.3, -0.25) is 0 Å². The van der Waals surface area contributed by atoms with Crippen molar-refractivity contribution in [2.75, 3.05) is 0 Å². The summed E-state index contributed by atoms with van der Waals surface area (Å²) < 4.78 is 26.7. The van der Waals surface area contributed by atoms with Crippen molar-refractivity contribution in [3.8, 4) is 11.5 Å². The number of hydrogen-bond donors (Lipinski definition) is 3. The third-order valence-corrected chi connectivity index (χ3v) is 3.12. The van der Waals surface area contributed by atoms with Gasteiger partial charge < -0.3 is 15.5 Å². The molecule has 1 unspecified atom stereocenters. The minimum atomic E-state index is -0.504. The van der Waals surface area contributed by atoms with Crippen molar-refractivity contribution in [2.24, 2.45) is 0 Å². The Bertz CT molecular complexity index is 617. The number of phenols is 2. The van der Waals surface area contributed by atoms with Gasteiger partial charge in [-0.15, -0.1) is 0 Å². The maximum atomic E-state index is 13.6. The molecule has 0 heterocycles. The molecule has 5 heteroatoms. The average molecular weight is 279 g/mol. The Morgan fingerprint density at radius 1 is 1.15 bits per heavy atom. The van der Waals surface area contributed by atoms with Gasteiger partial charge in [-0.05, 0) is 31.2 Å². The van der Waals surface area contributed by atoms with Crippen LogP contribution >= 0.6 is 0 Å². The van der Waals surface area contributed by atoms with Crippen LogP contribution in [0.3, 0.4) is 0 Å². The summed E-state index contributed by atoms with van der Waals surface area (Å²) in [5, 5.41) is 22.0. The molecular formula is C15H15F2NO2. The van der Waals surface area contributed by atoms with Crippen LogP contribution in [0.5, 0.6) is 11.5 Å². The van der Waals surface area contributed by atoms with E-state index in [1.54, 1.807) is 19.1 Å². The lowest BCUT2D eigenvalue weighted by Crippen LogP contribution is -2.19. The molecule has 0 aliphatic carbocycles. The summed E-state index contributed by atoms with van der Waals surface area (Å²) in [5.74, 6) is -1.43. The van der Waals surface area contributed by atoms with Crippen molar-refractivity contribution in [1.29, 1.82) is 0 Å². The van der Waals surface area contributed by atoms with Crippen molar-refractivity contribution in [2.45, 2.75) is 19.5 Å². The summed E-state index contributed by atoms with van der Waals surface area (Å²) in [4.78, 5) is 0. The van der Waals surface area contributed by atoms with Gasteiger partial charge in [0.1, 0.15) is 11.6 Å². The first kappa shape index (κ1) is 14.3. The van der Waals surface area contributed by atoms with Crippen LogP contribution in [0.4, 0.5) is 8.78 Å². The van der Waals surface area contributed by atoms with Crippen molar-refractivity contribution in [3.63, 3.8) is 0 Å². The summed E-state index contributed by atoms with van der Waals surface area (Å²) in [7, 11) is 0. The van der Waals surface area contributed by atoms with Crippen LogP contribution in [0.1, 0.15) is 24.1 Å². The van der Waals surface area contributed by atoms with E-state index in [4.69, 9.17) is 0 Å². The first-order valence-corrected chi connectivity index (χ1v) is 6.17. The van der Waals surface area contributed by atoms with Gasteiger partial charge in [-0.1, -0.05) is 12.1 Å². The highest BCUT2D eigenvalue weighted by atomic mass is 19.1. The van der Waals surface area contributed by atoms with Gasteiger partial charge in [0.15, 0.2) is 11.5 Å². The topological polar surface area (TPSA) is 52.5 Å². The molecule has 2 rings (SSSR count). The van der Waals surface area contributed by atoms with Gasteiger partial charge in [0.05, 0.1) is 0 Å². The summed E-state index contributed by atoms with van der Waals surface area (Å²) in [5.41, 5.74) is 0.693. The van der Waals surface area contributed by atoms with Crippen LogP contribution in [0.2, 0.25) is 0 Å². The maximum absolute atomic E-state index is 13.6. The number of para-hydroxylation sites is 1. The second-order valence-corrected chi connectivity index (χ2v) is 4.55. The van der Waals surface area contributed by atoms with Gasteiger partial charge in [0.25, 0.3) is 0 Å². The number of rotatable bonds is 4. The molecule has 0 radical (unpaired) electrons. The zero-order chi connectivity index (χ0) is 14.7. The predicted octanol–water partition coefficient (Wildman–Crippen LogP) is 3.23. The lowest BCUT2D eigenvalue weighted by Gasteiger charge is -2.16. The Morgan fingerprint density at radius 2 is 1.90 bits per heavy atom. The Morgan fingerprint density at radius 3 is 2.65 bits per heavy atom. The van der Waals surface area contributed by atoms with Gasteiger partial charge >= 0.3 is 0 Å². The molecule has 0 spiro atoms. The number of hydrogen-bond acceptors (Lipinski definition) is 3. The van der Waals surface area contributed by atoms with E-state index < -0.39 is 17.7 Å². The summed E-state index contributed by atoms with van der Waals surface area (Å²) in [6, 6.07) is 7.44. The SMILES string of the molecule is CC(NCc1cccc(O)c1O)c1cc(F)ccc1F. The third-order valence-electron chi connectivity index (χ3n) is 3.12. The zero-order valence-electron chi connectivity index (χ0n) is 10.9. The van der Waals surface area contributed by atoms with E-state index in [0.717, 1.165) is 18.2 Å². The maximum Gasteiger partial charge on any atom is 0.161 e. The van der Waals surface area contributed by atoms with Crippen molar-refractivity contribution >= 4 is 0 Å². The van der Waals surface area contributed by atoms with Crippen molar-refractivity contribution in [1.82, 2.24) is 5.32 Å². The minimum Gasteiger partial charge on any atom is -0.504 e. The van der Waals surface area contributed by atoms with Crippen LogP contribution in [0, 0.1) is 11.6 Å². The van der Waals surface area contributed by atoms with E-state index in [-0.39, 0.29) is 23.6 Å².